The number of likely N-dealkylation sites (tertiary alicyclic amines) is 4. The summed E-state index contributed by atoms with van der Waals surface area (Å²) in [7, 11) is 9.33. The molecule has 608 valence electrons. The summed E-state index contributed by atoms with van der Waals surface area (Å²) in [5.74, 6) is 2.41. The summed E-state index contributed by atoms with van der Waals surface area (Å²) in [6, 6.07) is 36.9. The SMILES string of the molecule is CC(=O)N1CCCC2(CCN(CCC(C)(C)C)CC2)c2ccccc21.CCOC(=O)N1C2CCC1CC(N1CCC3(CCC(=O)N(C)c4ccccc43)CC1)C2.CN(C)C(=O)N1CCCC2(CCN(C3C[C@@H]4CC[C@@H]3C4)CC2)c2ccccc21.CN(C)C(=O)N1CCCC2(CCN(CCC(C)(C)C)CC2)c2ccccc21. The Kier molecular flexibility index (Phi) is 25.9. The van der Waals surface area contributed by atoms with Crippen LogP contribution in [-0.2, 0) is 36.0 Å². The maximum atomic E-state index is 12.8. The predicted octanol–water partition coefficient (Wildman–Crippen LogP) is 17.8. The third kappa shape index (κ3) is 18.3. The smallest absolute Gasteiger partial charge is 0.410 e. The van der Waals surface area contributed by atoms with Gasteiger partial charge in [-0.1, -0.05) is 121 Å². The molecule has 16 rings (SSSR count). The molecule has 8 fully saturated rings. The van der Waals surface area contributed by atoms with Gasteiger partial charge in [-0.3, -0.25) is 19.4 Å². The summed E-state index contributed by atoms with van der Waals surface area (Å²) >= 11 is 0. The monoisotopic (exact) mass is 1520 g/mol. The average Bonchev–Trinajstić information content (AvgIpc) is 1.74. The lowest BCUT2D eigenvalue weighted by Crippen LogP contribution is -2.55. The van der Waals surface area contributed by atoms with Crippen LogP contribution in [0.25, 0.3) is 0 Å². The molecule has 7 amide bonds. The maximum absolute atomic E-state index is 12.8. The average molecular weight is 1520 g/mol. The van der Waals surface area contributed by atoms with Gasteiger partial charge in [-0.05, 0) is 312 Å². The van der Waals surface area contributed by atoms with Crippen molar-refractivity contribution in [3.05, 3.63) is 119 Å². The summed E-state index contributed by atoms with van der Waals surface area (Å²) in [6.45, 7) is 32.3. The van der Waals surface area contributed by atoms with Gasteiger partial charge in [0.1, 0.15) is 0 Å². The van der Waals surface area contributed by atoms with E-state index < -0.39 is 0 Å². The number of hydrogen-bond acceptors (Lipinski definition) is 10. The first kappa shape index (κ1) is 82.5. The van der Waals surface area contributed by atoms with Crippen LogP contribution < -0.4 is 19.6 Å². The number of urea groups is 2. The van der Waals surface area contributed by atoms with E-state index in [9.17, 15) is 24.0 Å². The van der Waals surface area contributed by atoms with Crippen molar-refractivity contribution in [3.63, 3.8) is 0 Å². The normalized spacial score (nSPS) is 26.1. The Morgan fingerprint density at radius 2 is 0.838 bits per heavy atom. The number of ether oxygens (including phenoxy) is 1. The number of benzene rings is 4. The molecular weight excluding hydrogens is 1380 g/mol. The highest BCUT2D eigenvalue weighted by Gasteiger charge is 2.51. The number of rotatable bonds is 7. The van der Waals surface area contributed by atoms with Gasteiger partial charge in [0.15, 0.2) is 0 Å². The fourth-order valence-corrected chi connectivity index (χ4v) is 22.8. The van der Waals surface area contributed by atoms with Crippen LogP contribution in [-0.4, -0.2) is 215 Å². The van der Waals surface area contributed by atoms with E-state index in [2.05, 4.69) is 152 Å². The zero-order valence-corrected chi connectivity index (χ0v) is 70.9. The Bertz CT molecular complexity index is 3810. The molecule has 6 saturated heterocycles. The van der Waals surface area contributed by atoms with E-state index in [4.69, 9.17) is 4.74 Å². The second kappa shape index (κ2) is 34.9. The molecule has 4 aromatic carbocycles. The predicted molar refractivity (Wildman–Crippen MR) is 453 cm³/mol. The van der Waals surface area contributed by atoms with Crippen molar-refractivity contribution in [1.29, 1.82) is 0 Å². The molecule has 17 heteroatoms. The summed E-state index contributed by atoms with van der Waals surface area (Å²) in [5.41, 5.74) is 11.8. The van der Waals surface area contributed by atoms with Crippen molar-refractivity contribution in [2.75, 3.05) is 147 Å². The molecule has 5 atom stereocenters. The van der Waals surface area contributed by atoms with E-state index in [1.54, 1.807) is 16.7 Å². The highest BCUT2D eigenvalue weighted by molar-refractivity contribution is 5.96. The van der Waals surface area contributed by atoms with E-state index in [-0.39, 0.29) is 51.6 Å². The molecule has 0 aromatic heterocycles. The third-order valence-corrected chi connectivity index (χ3v) is 29.4. The molecular formula is C94H141N11O6. The molecule has 111 heavy (non-hydrogen) atoms. The van der Waals surface area contributed by atoms with Gasteiger partial charge in [0.25, 0.3) is 0 Å². The summed E-state index contributed by atoms with van der Waals surface area (Å²) in [5, 5.41) is 0. The first-order valence-electron chi connectivity index (χ1n) is 43.9. The molecule has 4 spiro atoms. The lowest BCUT2D eigenvalue weighted by molar-refractivity contribution is -0.118. The molecule has 2 saturated carbocycles. The van der Waals surface area contributed by atoms with Gasteiger partial charge in [-0.25, -0.2) is 14.4 Å². The summed E-state index contributed by atoms with van der Waals surface area (Å²) < 4.78 is 5.32. The number of nitrogens with zero attached hydrogens (tertiary/aromatic N) is 11. The van der Waals surface area contributed by atoms with E-state index in [0.29, 0.717) is 42.0 Å². The van der Waals surface area contributed by atoms with Gasteiger partial charge in [0, 0.05) is 121 Å². The van der Waals surface area contributed by atoms with Gasteiger partial charge in [0.2, 0.25) is 11.8 Å². The topological polar surface area (TPSA) is 130 Å². The third-order valence-electron chi connectivity index (χ3n) is 29.4. The number of amides is 7. The van der Waals surface area contributed by atoms with Gasteiger partial charge in [-0.15, -0.1) is 0 Å². The standard InChI is InChI=1S/C25H35N3O3.C24H35N3O.C23H37N3O.C22H34N2O/c1-3-31-24(30)28-18-8-9-19(28)17-20(16-18)27-14-12-25(13-15-27)11-10-23(29)26(2)22-7-5-4-6-21(22)25;1-25(2)23(28)27-13-5-10-24(20-6-3-4-7-21(20)27)11-14-26(15-12-24)22-17-18-8-9-19(22)16-18;1-22(2,3)12-16-25-17-13-23(14-18-25)11-8-15-26(21(27)24(4)5)20-10-7-6-9-19(20)23;1-18(25)24-14-7-10-22(19-8-5-6-9-20(19)24)12-16-23(17-13-22)15-11-21(2,3)4/h4-7,18-20H,3,8-17H2,1-2H3;3-4,6-7,18-19,22H,5,8-17H2,1-2H3;6-7,9-10H,8,11-18H2,1-5H3;5-6,8-9H,7,10-17H2,1-4H3/t;18-,19-,22?;;/m.1../s1. The van der Waals surface area contributed by atoms with E-state index >= 15 is 0 Å². The molecule has 10 heterocycles. The lowest BCUT2D eigenvalue weighted by Gasteiger charge is -2.48. The molecule has 17 nitrogen and oxygen atoms in total. The number of hydrogen-bond donors (Lipinski definition) is 0. The van der Waals surface area contributed by atoms with Crippen molar-refractivity contribution >= 4 is 52.7 Å². The number of anilines is 4. The Balaban J connectivity index is 0.000000130. The Labute approximate surface area is 668 Å². The molecule has 2 aliphatic carbocycles. The number of para-hydroxylation sites is 4. The lowest BCUT2D eigenvalue weighted by atomic mass is 9.69. The van der Waals surface area contributed by atoms with Gasteiger partial charge in [0.05, 0.1) is 6.61 Å². The zero-order valence-electron chi connectivity index (χ0n) is 70.9. The first-order valence-corrected chi connectivity index (χ1v) is 43.9. The Morgan fingerprint density at radius 1 is 0.450 bits per heavy atom. The zero-order chi connectivity index (χ0) is 78.6. The molecule has 4 aromatic rings. The fourth-order valence-electron chi connectivity index (χ4n) is 22.8. The molecule has 4 bridgehead atoms. The minimum Gasteiger partial charge on any atom is -0.450 e. The van der Waals surface area contributed by atoms with Crippen LogP contribution in [0.3, 0.4) is 0 Å². The molecule has 3 unspecified atom stereocenters. The van der Waals surface area contributed by atoms with Crippen molar-refractivity contribution < 1.29 is 28.7 Å². The quantitative estimate of drug-likeness (QED) is 0.176. The van der Waals surface area contributed by atoms with Crippen LogP contribution in [0.15, 0.2) is 97.1 Å². The summed E-state index contributed by atoms with van der Waals surface area (Å²) in [4.78, 5) is 86.9. The van der Waals surface area contributed by atoms with Gasteiger partial charge in [-0.2, -0.15) is 0 Å². The second-order valence-corrected chi connectivity index (χ2v) is 39.0. The van der Waals surface area contributed by atoms with Crippen LogP contribution >= 0.6 is 0 Å². The van der Waals surface area contributed by atoms with Crippen molar-refractivity contribution in [3.8, 4) is 0 Å². The molecule has 10 aliphatic heterocycles. The van der Waals surface area contributed by atoms with Crippen LogP contribution in [0, 0.1) is 22.7 Å². The number of carbonyl (C=O) groups is 5. The first-order chi connectivity index (χ1) is 53.1. The molecule has 0 N–H and O–H groups in total. The van der Waals surface area contributed by atoms with Gasteiger partial charge >= 0.3 is 18.2 Å². The number of fused-ring (bicyclic) bond motifs is 12. The van der Waals surface area contributed by atoms with Crippen LogP contribution in [0.2, 0.25) is 0 Å². The summed E-state index contributed by atoms with van der Waals surface area (Å²) in [6.07, 6.45) is 30.7. The van der Waals surface area contributed by atoms with Crippen LogP contribution in [0.5, 0.6) is 0 Å². The highest BCUT2D eigenvalue weighted by Crippen LogP contribution is 2.54. The van der Waals surface area contributed by atoms with Crippen LogP contribution in [0.1, 0.15) is 245 Å². The Hall–Kier alpha value is -6.53. The van der Waals surface area contributed by atoms with Crippen molar-refractivity contribution in [1.82, 2.24) is 34.3 Å². The highest BCUT2D eigenvalue weighted by atomic mass is 16.6. The van der Waals surface area contributed by atoms with Gasteiger partial charge < -0.3 is 48.8 Å². The minimum absolute atomic E-state index is 0.0992. The largest absolute Gasteiger partial charge is 0.450 e. The Morgan fingerprint density at radius 3 is 1.23 bits per heavy atom. The van der Waals surface area contributed by atoms with E-state index in [0.717, 1.165) is 138 Å². The van der Waals surface area contributed by atoms with Crippen molar-refractivity contribution in [2.45, 2.75) is 268 Å². The van der Waals surface area contributed by atoms with E-state index in [1.165, 1.54) is 171 Å². The molecule has 0 radical (unpaired) electrons. The van der Waals surface area contributed by atoms with Crippen LogP contribution in [0.4, 0.5) is 37.1 Å². The maximum Gasteiger partial charge on any atom is 0.410 e. The second-order valence-electron chi connectivity index (χ2n) is 39.0. The van der Waals surface area contributed by atoms with Crippen molar-refractivity contribution in [2.24, 2.45) is 22.7 Å². The number of piperidine rings is 5. The molecule has 12 aliphatic rings. The van der Waals surface area contributed by atoms with E-state index in [1.807, 2.05) is 72.7 Å². The number of carbonyl (C=O) groups excluding carboxylic acids is 5. The minimum atomic E-state index is -0.116. The fraction of sp³-hybridized carbons (Fsp3) is 0.691.